The first kappa shape index (κ1) is 11.4. The second-order valence-electron chi connectivity index (χ2n) is 3.66. The molecule has 1 aromatic carbocycles. The molecule has 2 heterocycles. The van der Waals surface area contributed by atoms with Crippen LogP contribution in [0.5, 0.6) is 0 Å². The summed E-state index contributed by atoms with van der Waals surface area (Å²) in [5.41, 5.74) is 1.60. The van der Waals surface area contributed by atoms with Gasteiger partial charge in [-0.05, 0) is 42.3 Å². The van der Waals surface area contributed by atoms with Crippen LogP contribution in [0.4, 0.5) is 0 Å². The van der Waals surface area contributed by atoms with Gasteiger partial charge in [-0.25, -0.2) is 9.97 Å². The van der Waals surface area contributed by atoms with Gasteiger partial charge in [0.1, 0.15) is 5.82 Å². The van der Waals surface area contributed by atoms with Gasteiger partial charge in [0, 0.05) is 0 Å². The van der Waals surface area contributed by atoms with Crippen molar-refractivity contribution in [2.75, 3.05) is 0 Å². The molecule has 7 heteroatoms. The number of imidazole rings is 1. The third-order valence-corrected chi connectivity index (χ3v) is 2.85. The zero-order chi connectivity index (χ0) is 12.7. The van der Waals surface area contributed by atoms with Crippen LogP contribution in [0.25, 0.3) is 17.0 Å². The molecule has 90 valence electrons. The van der Waals surface area contributed by atoms with E-state index in [2.05, 4.69) is 19.9 Å². The molecule has 0 spiro atoms. The van der Waals surface area contributed by atoms with E-state index in [1.807, 2.05) is 24.3 Å². The Bertz CT molecular complexity index is 717. The van der Waals surface area contributed by atoms with E-state index in [1.165, 1.54) is 0 Å². The van der Waals surface area contributed by atoms with E-state index in [0.29, 0.717) is 11.8 Å². The molecule has 0 radical (unpaired) electrons. The van der Waals surface area contributed by atoms with E-state index in [4.69, 9.17) is 23.2 Å². The highest BCUT2D eigenvalue weighted by atomic mass is 35.5. The van der Waals surface area contributed by atoms with Crippen LogP contribution in [-0.2, 0) is 0 Å². The first-order chi connectivity index (χ1) is 8.65. The van der Waals surface area contributed by atoms with Crippen molar-refractivity contribution in [2.45, 2.75) is 6.92 Å². The van der Waals surface area contributed by atoms with Crippen LogP contribution in [0.1, 0.15) is 5.82 Å². The Hall–Kier alpha value is -1.72. The van der Waals surface area contributed by atoms with Crippen molar-refractivity contribution in [3.05, 3.63) is 40.7 Å². The molecule has 0 saturated carbocycles. The minimum absolute atomic E-state index is 0.131. The summed E-state index contributed by atoms with van der Waals surface area (Å²) in [5, 5.41) is 0.421. The standard InChI is InChI=1S/C11H7Cl2N5/c1-6-14-9(12)17-11(15-6)18-8-5-3-2-4-7(8)16-10(18)13/h2-5H,1H3. The van der Waals surface area contributed by atoms with E-state index >= 15 is 0 Å². The fourth-order valence-corrected chi connectivity index (χ4v) is 2.18. The van der Waals surface area contributed by atoms with Gasteiger partial charge in [-0.1, -0.05) is 12.1 Å². The van der Waals surface area contributed by atoms with Crippen molar-refractivity contribution < 1.29 is 0 Å². The van der Waals surface area contributed by atoms with Crippen LogP contribution in [-0.4, -0.2) is 24.5 Å². The number of aryl methyl sites for hydroxylation is 1. The summed E-state index contributed by atoms with van der Waals surface area (Å²) >= 11 is 11.9. The fourth-order valence-electron chi connectivity index (χ4n) is 1.72. The molecule has 2 aromatic heterocycles. The number of nitrogens with zero attached hydrogens (tertiary/aromatic N) is 5. The maximum absolute atomic E-state index is 6.12. The average Bonchev–Trinajstić information content (AvgIpc) is 2.63. The smallest absolute Gasteiger partial charge is 0.241 e. The zero-order valence-electron chi connectivity index (χ0n) is 9.30. The largest absolute Gasteiger partial charge is 0.251 e. The molecule has 0 bridgehead atoms. The molecular weight excluding hydrogens is 273 g/mol. The summed E-state index contributed by atoms with van der Waals surface area (Å²) in [4.78, 5) is 16.4. The summed E-state index contributed by atoms with van der Waals surface area (Å²) in [6, 6.07) is 7.54. The first-order valence-corrected chi connectivity index (χ1v) is 5.92. The fraction of sp³-hybridized carbons (Fsp3) is 0.0909. The van der Waals surface area contributed by atoms with Gasteiger partial charge in [0.05, 0.1) is 11.0 Å². The average molecular weight is 280 g/mol. The minimum Gasteiger partial charge on any atom is -0.251 e. The number of para-hydroxylation sites is 2. The number of rotatable bonds is 1. The maximum Gasteiger partial charge on any atom is 0.241 e. The maximum atomic E-state index is 6.12. The van der Waals surface area contributed by atoms with E-state index < -0.39 is 0 Å². The lowest BCUT2D eigenvalue weighted by atomic mass is 10.3. The molecule has 5 nitrogen and oxygen atoms in total. The van der Waals surface area contributed by atoms with E-state index in [-0.39, 0.29) is 10.6 Å². The molecule has 0 unspecified atom stereocenters. The zero-order valence-corrected chi connectivity index (χ0v) is 10.8. The molecular formula is C11H7Cl2N5. The number of fused-ring (bicyclic) bond motifs is 1. The Labute approximate surface area is 112 Å². The number of aromatic nitrogens is 5. The SMILES string of the molecule is Cc1nc(Cl)nc(-n2c(Cl)nc3ccccc32)n1. The van der Waals surface area contributed by atoms with Crippen molar-refractivity contribution in [1.29, 1.82) is 0 Å². The van der Waals surface area contributed by atoms with Crippen LogP contribution in [0.15, 0.2) is 24.3 Å². The molecule has 0 amide bonds. The van der Waals surface area contributed by atoms with Crippen LogP contribution < -0.4 is 0 Å². The molecule has 3 rings (SSSR count). The van der Waals surface area contributed by atoms with Gasteiger partial charge < -0.3 is 0 Å². The van der Waals surface area contributed by atoms with Crippen LogP contribution >= 0.6 is 23.2 Å². The van der Waals surface area contributed by atoms with Crippen LogP contribution in [0.3, 0.4) is 0 Å². The highest BCUT2D eigenvalue weighted by Crippen LogP contribution is 2.22. The number of hydrogen-bond donors (Lipinski definition) is 0. The van der Waals surface area contributed by atoms with E-state index in [1.54, 1.807) is 11.5 Å². The highest BCUT2D eigenvalue weighted by Gasteiger charge is 2.13. The van der Waals surface area contributed by atoms with Gasteiger partial charge in [-0.2, -0.15) is 9.97 Å². The molecule has 0 atom stereocenters. The second-order valence-corrected chi connectivity index (χ2v) is 4.33. The van der Waals surface area contributed by atoms with Gasteiger partial charge >= 0.3 is 0 Å². The van der Waals surface area contributed by atoms with Gasteiger partial charge in [0.25, 0.3) is 0 Å². The number of benzene rings is 1. The van der Waals surface area contributed by atoms with Crippen LogP contribution in [0.2, 0.25) is 10.6 Å². The predicted molar refractivity (Wildman–Crippen MR) is 69.2 cm³/mol. The summed E-state index contributed by atoms with van der Waals surface area (Å²) < 4.78 is 1.64. The van der Waals surface area contributed by atoms with Gasteiger partial charge in [0.15, 0.2) is 0 Å². The Morgan fingerprint density at radius 1 is 1.00 bits per heavy atom. The normalized spacial score (nSPS) is 11.1. The van der Waals surface area contributed by atoms with Gasteiger partial charge in [0.2, 0.25) is 16.5 Å². The van der Waals surface area contributed by atoms with E-state index in [0.717, 1.165) is 11.0 Å². The molecule has 0 N–H and O–H groups in total. The van der Waals surface area contributed by atoms with Gasteiger partial charge in [-0.3, -0.25) is 4.57 Å². The van der Waals surface area contributed by atoms with E-state index in [9.17, 15) is 0 Å². The van der Waals surface area contributed by atoms with Crippen molar-refractivity contribution in [2.24, 2.45) is 0 Å². The summed E-state index contributed by atoms with van der Waals surface area (Å²) in [6.07, 6.45) is 0. The lowest BCUT2D eigenvalue weighted by Crippen LogP contribution is -2.04. The molecule has 3 aromatic rings. The second kappa shape index (κ2) is 4.19. The summed E-state index contributed by atoms with van der Waals surface area (Å²) in [6.45, 7) is 1.74. The Morgan fingerprint density at radius 2 is 1.78 bits per heavy atom. The third-order valence-electron chi connectivity index (χ3n) is 2.43. The molecule has 0 aliphatic heterocycles. The summed E-state index contributed by atoms with van der Waals surface area (Å²) in [7, 11) is 0. The Morgan fingerprint density at radius 3 is 2.56 bits per heavy atom. The topological polar surface area (TPSA) is 56.5 Å². The molecule has 18 heavy (non-hydrogen) atoms. The number of halogens is 2. The Balaban J connectivity index is 2.34. The molecule has 0 saturated heterocycles. The van der Waals surface area contributed by atoms with Crippen molar-refractivity contribution in [3.63, 3.8) is 0 Å². The minimum atomic E-state index is 0.131. The first-order valence-electron chi connectivity index (χ1n) is 5.16. The van der Waals surface area contributed by atoms with Crippen molar-refractivity contribution >= 4 is 34.2 Å². The number of hydrogen-bond acceptors (Lipinski definition) is 4. The van der Waals surface area contributed by atoms with Gasteiger partial charge in [-0.15, -0.1) is 0 Å². The third kappa shape index (κ3) is 1.81. The van der Waals surface area contributed by atoms with Crippen LogP contribution in [0, 0.1) is 6.92 Å². The Kier molecular flexibility index (Phi) is 2.65. The van der Waals surface area contributed by atoms with Crippen molar-refractivity contribution in [1.82, 2.24) is 24.5 Å². The molecule has 0 aliphatic carbocycles. The lowest BCUT2D eigenvalue weighted by Gasteiger charge is -2.04. The quantitative estimate of drug-likeness (QED) is 0.687. The monoisotopic (exact) mass is 279 g/mol. The molecule has 0 aliphatic rings. The predicted octanol–water partition coefficient (Wildman–Crippen LogP) is 2.83. The lowest BCUT2D eigenvalue weighted by molar-refractivity contribution is 0.880. The summed E-state index contributed by atoms with van der Waals surface area (Å²) in [5.74, 6) is 0.894. The van der Waals surface area contributed by atoms with Crippen molar-refractivity contribution in [3.8, 4) is 5.95 Å². The highest BCUT2D eigenvalue weighted by molar-refractivity contribution is 6.29. The molecule has 0 fully saturated rings.